The second-order valence-corrected chi connectivity index (χ2v) is 5.09. The molecule has 94 valence electrons. The number of hydrogen-bond acceptors (Lipinski definition) is 3. The van der Waals surface area contributed by atoms with Crippen molar-refractivity contribution in [1.29, 1.82) is 0 Å². The van der Waals surface area contributed by atoms with Gasteiger partial charge >= 0.3 is 0 Å². The van der Waals surface area contributed by atoms with E-state index < -0.39 is 17.4 Å². The first-order chi connectivity index (χ1) is 8.53. The van der Waals surface area contributed by atoms with E-state index in [0.717, 1.165) is 11.3 Å². The second-order valence-electron chi connectivity index (χ2n) is 5.09. The molecule has 1 saturated carbocycles. The third-order valence-corrected chi connectivity index (χ3v) is 3.77. The van der Waals surface area contributed by atoms with Crippen LogP contribution in [-0.2, 0) is 9.59 Å². The zero-order valence-corrected chi connectivity index (χ0v) is 9.93. The summed E-state index contributed by atoms with van der Waals surface area (Å²) < 4.78 is 0. The number of nitrogens with two attached hydrogens (primary N) is 2. The molecule has 0 bridgehead atoms. The highest BCUT2D eigenvalue weighted by Gasteiger charge is 2.50. The SMILES string of the molecule is NC(=O)C1CN(C(=O)C2(N)CC2)c2ccccc21. The normalized spacial score (nSPS) is 23.6. The highest BCUT2D eigenvalue weighted by molar-refractivity contribution is 6.05. The van der Waals surface area contributed by atoms with Crippen molar-refractivity contribution in [2.45, 2.75) is 24.3 Å². The van der Waals surface area contributed by atoms with Gasteiger partial charge in [-0.25, -0.2) is 0 Å². The van der Waals surface area contributed by atoms with Crippen LogP contribution >= 0.6 is 0 Å². The number of para-hydroxylation sites is 1. The molecule has 1 aromatic rings. The zero-order chi connectivity index (χ0) is 12.9. The number of amides is 2. The minimum atomic E-state index is -0.723. The number of rotatable bonds is 2. The molecule has 1 fully saturated rings. The Kier molecular flexibility index (Phi) is 2.22. The first-order valence-corrected chi connectivity index (χ1v) is 6.02. The second kappa shape index (κ2) is 3.55. The van der Waals surface area contributed by atoms with Crippen molar-refractivity contribution in [2.24, 2.45) is 11.5 Å². The van der Waals surface area contributed by atoms with Gasteiger partial charge in [0.05, 0.1) is 11.5 Å². The van der Waals surface area contributed by atoms with Crippen LogP contribution < -0.4 is 16.4 Å². The van der Waals surface area contributed by atoms with E-state index in [2.05, 4.69) is 0 Å². The molecule has 2 aliphatic rings. The van der Waals surface area contributed by atoms with Crippen molar-refractivity contribution >= 4 is 17.5 Å². The van der Waals surface area contributed by atoms with Gasteiger partial charge in [-0.1, -0.05) is 18.2 Å². The van der Waals surface area contributed by atoms with E-state index in [1.54, 1.807) is 4.90 Å². The average molecular weight is 245 g/mol. The Bertz CT molecular complexity index is 537. The standard InChI is InChI=1S/C13H15N3O2/c14-11(17)9-7-16(12(18)13(15)5-6-13)10-4-2-1-3-8(9)10/h1-4,9H,5-7,15H2,(H2,14,17). The quantitative estimate of drug-likeness (QED) is 0.774. The van der Waals surface area contributed by atoms with E-state index in [9.17, 15) is 9.59 Å². The topological polar surface area (TPSA) is 89.4 Å². The summed E-state index contributed by atoms with van der Waals surface area (Å²) in [5, 5.41) is 0. The van der Waals surface area contributed by atoms with E-state index in [1.807, 2.05) is 24.3 Å². The fraction of sp³-hybridized carbons (Fsp3) is 0.385. The molecule has 0 aromatic heterocycles. The molecule has 1 heterocycles. The van der Waals surface area contributed by atoms with Crippen LogP contribution in [0.3, 0.4) is 0 Å². The highest BCUT2D eigenvalue weighted by atomic mass is 16.2. The molecule has 5 heteroatoms. The number of anilines is 1. The molecular weight excluding hydrogens is 230 g/mol. The fourth-order valence-electron chi connectivity index (χ4n) is 2.46. The van der Waals surface area contributed by atoms with Gasteiger partial charge in [0, 0.05) is 12.2 Å². The van der Waals surface area contributed by atoms with Gasteiger partial charge in [-0.15, -0.1) is 0 Å². The lowest BCUT2D eigenvalue weighted by molar-refractivity contribution is -0.121. The van der Waals surface area contributed by atoms with Gasteiger partial charge in [0.15, 0.2) is 0 Å². The van der Waals surface area contributed by atoms with Crippen LogP contribution in [0.2, 0.25) is 0 Å². The van der Waals surface area contributed by atoms with Crippen LogP contribution in [0.5, 0.6) is 0 Å². The molecule has 0 saturated heterocycles. The summed E-state index contributed by atoms with van der Waals surface area (Å²) in [5.41, 5.74) is 12.2. The van der Waals surface area contributed by atoms with E-state index in [1.165, 1.54) is 0 Å². The van der Waals surface area contributed by atoms with Gasteiger partial charge in [0.2, 0.25) is 11.8 Å². The zero-order valence-electron chi connectivity index (χ0n) is 9.93. The van der Waals surface area contributed by atoms with Crippen LogP contribution in [0.1, 0.15) is 24.3 Å². The summed E-state index contributed by atoms with van der Waals surface area (Å²) in [5.74, 6) is -0.925. The maximum Gasteiger partial charge on any atom is 0.247 e. The van der Waals surface area contributed by atoms with Crippen molar-refractivity contribution in [3.63, 3.8) is 0 Å². The van der Waals surface area contributed by atoms with Crippen molar-refractivity contribution in [2.75, 3.05) is 11.4 Å². The van der Waals surface area contributed by atoms with Gasteiger partial charge < -0.3 is 16.4 Å². The molecule has 1 aliphatic carbocycles. The van der Waals surface area contributed by atoms with E-state index in [0.29, 0.717) is 19.4 Å². The van der Waals surface area contributed by atoms with Crippen LogP contribution in [0.4, 0.5) is 5.69 Å². The number of primary amides is 1. The predicted molar refractivity (Wildman–Crippen MR) is 66.9 cm³/mol. The first-order valence-electron chi connectivity index (χ1n) is 6.02. The molecule has 3 rings (SSSR count). The fourth-order valence-corrected chi connectivity index (χ4v) is 2.46. The molecule has 0 radical (unpaired) electrons. The maximum absolute atomic E-state index is 12.3. The van der Waals surface area contributed by atoms with E-state index in [4.69, 9.17) is 11.5 Å². The molecule has 1 aromatic carbocycles. The Hall–Kier alpha value is -1.88. The minimum Gasteiger partial charge on any atom is -0.369 e. The molecule has 4 N–H and O–H groups in total. The van der Waals surface area contributed by atoms with Crippen LogP contribution in [0, 0.1) is 0 Å². The predicted octanol–water partition coefficient (Wildman–Crippen LogP) is 0.0934. The molecule has 0 spiro atoms. The number of benzene rings is 1. The summed E-state index contributed by atoms with van der Waals surface area (Å²) in [4.78, 5) is 25.4. The van der Waals surface area contributed by atoms with E-state index in [-0.39, 0.29) is 5.91 Å². The highest BCUT2D eigenvalue weighted by Crippen LogP contribution is 2.41. The van der Waals surface area contributed by atoms with Gasteiger partial charge in [0.1, 0.15) is 0 Å². The average Bonchev–Trinajstić information content (AvgIpc) is 2.98. The van der Waals surface area contributed by atoms with Crippen molar-refractivity contribution in [1.82, 2.24) is 0 Å². The summed E-state index contributed by atoms with van der Waals surface area (Å²) >= 11 is 0. The lowest BCUT2D eigenvalue weighted by Crippen LogP contribution is -2.46. The lowest BCUT2D eigenvalue weighted by atomic mass is 10.0. The van der Waals surface area contributed by atoms with Gasteiger partial charge in [0.25, 0.3) is 0 Å². The number of fused-ring (bicyclic) bond motifs is 1. The monoisotopic (exact) mass is 245 g/mol. The Labute approximate surface area is 105 Å². The number of hydrogen-bond donors (Lipinski definition) is 2. The van der Waals surface area contributed by atoms with Crippen LogP contribution in [-0.4, -0.2) is 23.9 Å². The summed E-state index contributed by atoms with van der Waals surface area (Å²) in [6.07, 6.45) is 1.43. The maximum atomic E-state index is 12.3. The smallest absolute Gasteiger partial charge is 0.247 e. The van der Waals surface area contributed by atoms with Crippen molar-refractivity contribution in [3.8, 4) is 0 Å². The van der Waals surface area contributed by atoms with Crippen LogP contribution in [0.15, 0.2) is 24.3 Å². The molecule has 5 nitrogen and oxygen atoms in total. The Balaban J connectivity index is 1.99. The number of carbonyl (C=O) groups excluding carboxylic acids is 2. The summed E-state index contributed by atoms with van der Waals surface area (Å²) in [7, 11) is 0. The third kappa shape index (κ3) is 1.51. The van der Waals surface area contributed by atoms with Crippen LogP contribution in [0.25, 0.3) is 0 Å². The lowest BCUT2D eigenvalue weighted by Gasteiger charge is -2.21. The summed E-state index contributed by atoms with van der Waals surface area (Å²) in [6.45, 7) is 0.312. The first kappa shape index (κ1) is 11.2. The van der Waals surface area contributed by atoms with E-state index >= 15 is 0 Å². The summed E-state index contributed by atoms with van der Waals surface area (Å²) in [6, 6.07) is 7.37. The third-order valence-electron chi connectivity index (χ3n) is 3.77. The van der Waals surface area contributed by atoms with Gasteiger partial charge in [-0.05, 0) is 24.5 Å². The van der Waals surface area contributed by atoms with Gasteiger partial charge in [-0.3, -0.25) is 9.59 Å². The largest absolute Gasteiger partial charge is 0.369 e. The number of carbonyl (C=O) groups is 2. The van der Waals surface area contributed by atoms with Crippen molar-refractivity contribution < 1.29 is 9.59 Å². The molecule has 1 unspecified atom stereocenters. The van der Waals surface area contributed by atoms with Gasteiger partial charge in [-0.2, -0.15) is 0 Å². The Morgan fingerprint density at radius 1 is 1.28 bits per heavy atom. The number of nitrogens with zero attached hydrogens (tertiary/aromatic N) is 1. The molecule has 1 atom stereocenters. The molecular formula is C13H15N3O2. The minimum absolute atomic E-state index is 0.0984. The molecule has 18 heavy (non-hydrogen) atoms. The van der Waals surface area contributed by atoms with Crippen molar-refractivity contribution in [3.05, 3.63) is 29.8 Å². The Morgan fingerprint density at radius 3 is 2.56 bits per heavy atom. The Morgan fingerprint density at radius 2 is 1.94 bits per heavy atom. The molecule has 1 aliphatic heterocycles. The molecule has 2 amide bonds.